The van der Waals surface area contributed by atoms with Crippen LogP contribution in [0.3, 0.4) is 0 Å². The normalized spacial score (nSPS) is 20.1. The third-order valence-corrected chi connectivity index (χ3v) is 5.39. The second-order valence-electron chi connectivity index (χ2n) is 5.95. The summed E-state index contributed by atoms with van der Waals surface area (Å²) in [6.45, 7) is 2.10. The zero-order chi connectivity index (χ0) is 14.7. The van der Waals surface area contributed by atoms with Gasteiger partial charge in [0.25, 0.3) is 10.2 Å². The molecule has 0 bridgehead atoms. The number of rotatable bonds is 5. The lowest BCUT2D eigenvalue weighted by molar-refractivity contribution is 0.557. The Kier molecular flexibility index (Phi) is 4.35. The van der Waals surface area contributed by atoms with Crippen molar-refractivity contribution < 1.29 is 8.42 Å². The van der Waals surface area contributed by atoms with Crippen molar-refractivity contribution in [3.63, 3.8) is 0 Å². The first-order chi connectivity index (χ1) is 10.1. The maximum Gasteiger partial charge on any atom is 0.299 e. The van der Waals surface area contributed by atoms with Crippen LogP contribution in [0.1, 0.15) is 38.5 Å². The van der Waals surface area contributed by atoms with Crippen LogP contribution >= 0.6 is 0 Å². The summed E-state index contributed by atoms with van der Waals surface area (Å²) in [6, 6.07) is 7.74. The van der Waals surface area contributed by atoms with Gasteiger partial charge < -0.3 is 4.90 Å². The topological polar surface area (TPSA) is 61.4 Å². The van der Waals surface area contributed by atoms with E-state index in [1.165, 1.54) is 12.8 Å². The molecule has 21 heavy (non-hydrogen) atoms. The number of benzene rings is 1. The van der Waals surface area contributed by atoms with Crippen LogP contribution in [0.15, 0.2) is 24.3 Å². The summed E-state index contributed by atoms with van der Waals surface area (Å²) < 4.78 is 29.7. The van der Waals surface area contributed by atoms with Gasteiger partial charge in [0.05, 0.1) is 5.69 Å². The summed E-state index contributed by atoms with van der Waals surface area (Å²) in [7, 11) is -3.48. The lowest BCUT2D eigenvalue weighted by atomic mass is 10.2. The SMILES string of the molecule is O=S(=O)(Nc1cccc(N2CCCC2)c1)NC1CCCC1. The molecule has 5 nitrogen and oxygen atoms in total. The van der Waals surface area contributed by atoms with E-state index in [-0.39, 0.29) is 6.04 Å². The van der Waals surface area contributed by atoms with E-state index in [2.05, 4.69) is 14.3 Å². The minimum absolute atomic E-state index is 0.0873. The van der Waals surface area contributed by atoms with Crippen LogP contribution in [0.25, 0.3) is 0 Å². The molecule has 1 aromatic carbocycles. The predicted octanol–water partition coefficient (Wildman–Crippen LogP) is 2.48. The number of nitrogens with zero attached hydrogens (tertiary/aromatic N) is 1. The van der Waals surface area contributed by atoms with Crippen LogP contribution < -0.4 is 14.3 Å². The van der Waals surface area contributed by atoms with E-state index < -0.39 is 10.2 Å². The van der Waals surface area contributed by atoms with Crippen molar-refractivity contribution in [2.75, 3.05) is 22.7 Å². The molecule has 2 fully saturated rings. The van der Waals surface area contributed by atoms with Gasteiger partial charge in [0, 0.05) is 24.8 Å². The Balaban J connectivity index is 1.67. The highest BCUT2D eigenvalue weighted by atomic mass is 32.2. The molecule has 0 radical (unpaired) electrons. The van der Waals surface area contributed by atoms with Gasteiger partial charge in [0.15, 0.2) is 0 Å². The van der Waals surface area contributed by atoms with Crippen molar-refractivity contribution in [3.05, 3.63) is 24.3 Å². The highest BCUT2D eigenvalue weighted by molar-refractivity contribution is 7.90. The van der Waals surface area contributed by atoms with Crippen molar-refractivity contribution in [1.82, 2.24) is 4.72 Å². The number of nitrogens with one attached hydrogen (secondary N) is 2. The van der Waals surface area contributed by atoms with Crippen LogP contribution in [0.2, 0.25) is 0 Å². The summed E-state index contributed by atoms with van der Waals surface area (Å²) >= 11 is 0. The van der Waals surface area contributed by atoms with Gasteiger partial charge >= 0.3 is 0 Å². The Morgan fingerprint density at radius 1 is 1.05 bits per heavy atom. The number of hydrogen-bond acceptors (Lipinski definition) is 3. The van der Waals surface area contributed by atoms with E-state index in [1.807, 2.05) is 18.2 Å². The van der Waals surface area contributed by atoms with E-state index in [4.69, 9.17) is 0 Å². The Morgan fingerprint density at radius 3 is 2.48 bits per heavy atom. The molecule has 3 rings (SSSR count). The van der Waals surface area contributed by atoms with Crippen molar-refractivity contribution in [2.45, 2.75) is 44.6 Å². The zero-order valence-electron chi connectivity index (χ0n) is 12.2. The Labute approximate surface area is 126 Å². The van der Waals surface area contributed by atoms with E-state index >= 15 is 0 Å². The first-order valence-electron chi connectivity index (χ1n) is 7.77. The zero-order valence-corrected chi connectivity index (χ0v) is 13.0. The molecule has 0 unspecified atom stereocenters. The van der Waals surface area contributed by atoms with E-state index in [9.17, 15) is 8.42 Å². The first kappa shape index (κ1) is 14.7. The molecule has 0 amide bonds. The maximum absolute atomic E-state index is 12.2. The third kappa shape index (κ3) is 3.89. The van der Waals surface area contributed by atoms with Crippen molar-refractivity contribution in [1.29, 1.82) is 0 Å². The van der Waals surface area contributed by atoms with Gasteiger partial charge in [0.2, 0.25) is 0 Å². The molecule has 1 aromatic rings. The van der Waals surface area contributed by atoms with Gasteiger partial charge in [-0.3, -0.25) is 4.72 Å². The molecule has 1 saturated heterocycles. The molecule has 1 aliphatic heterocycles. The first-order valence-corrected chi connectivity index (χ1v) is 9.26. The second-order valence-corrected chi connectivity index (χ2v) is 7.40. The molecule has 6 heteroatoms. The molecular weight excluding hydrogens is 286 g/mol. The molecule has 0 spiro atoms. The highest BCUT2D eigenvalue weighted by Gasteiger charge is 2.21. The summed E-state index contributed by atoms with van der Waals surface area (Å²) in [5, 5.41) is 0. The van der Waals surface area contributed by atoms with Gasteiger partial charge in [-0.2, -0.15) is 13.1 Å². The lowest BCUT2D eigenvalue weighted by Gasteiger charge is -2.19. The van der Waals surface area contributed by atoms with E-state index in [1.54, 1.807) is 6.07 Å². The Morgan fingerprint density at radius 2 is 1.76 bits per heavy atom. The average Bonchev–Trinajstić information content (AvgIpc) is 3.10. The van der Waals surface area contributed by atoms with Crippen LogP contribution in [-0.4, -0.2) is 27.5 Å². The molecule has 1 aliphatic carbocycles. The molecule has 0 atom stereocenters. The molecular formula is C15H23N3O2S. The standard InChI is InChI=1S/C15H23N3O2S/c19-21(20,16-13-6-1-2-7-13)17-14-8-5-9-15(12-14)18-10-3-4-11-18/h5,8-9,12-13,16-17H,1-4,6-7,10-11H2. The highest BCUT2D eigenvalue weighted by Crippen LogP contribution is 2.24. The average molecular weight is 309 g/mol. The molecule has 2 N–H and O–H groups in total. The van der Waals surface area contributed by atoms with Crippen molar-refractivity contribution >= 4 is 21.6 Å². The van der Waals surface area contributed by atoms with Crippen LogP contribution in [0.5, 0.6) is 0 Å². The minimum atomic E-state index is -3.48. The predicted molar refractivity (Wildman–Crippen MR) is 85.8 cm³/mol. The Bertz CT molecular complexity index is 576. The molecule has 2 aliphatic rings. The maximum atomic E-state index is 12.2. The summed E-state index contributed by atoms with van der Waals surface area (Å²) in [5.74, 6) is 0. The fourth-order valence-corrected chi connectivity index (χ4v) is 4.36. The fourth-order valence-electron chi connectivity index (χ4n) is 3.19. The van der Waals surface area contributed by atoms with Gasteiger partial charge in [-0.15, -0.1) is 0 Å². The summed E-state index contributed by atoms with van der Waals surface area (Å²) in [6.07, 6.45) is 6.51. The van der Waals surface area contributed by atoms with Gasteiger partial charge in [-0.05, 0) is 43.9 Å². The number of hydrogen-bond donors (Lipinski definition) is 2. The molecule has 0 aromatic heterocycles. The number of anilines is 2. The largest absolute Gasteiger partial charge is 0.371 e. The van der Waals surface area contributed by atoms with Crippen molar-refractivity contribution in [2.24, 2.45) is 0 Å². The van der Waals surface area contributed by atoms with Gasteiger partial charge in [-0.25, -0.2) is 0 Å². The van der Waals surface area contributed by atoms with Crippen LogP contribution in [0.4, 0.5) is 11.4 Å². The molecule has 1 saturated carbocycles. The van der Waals surface area contributed by atoms with E-state index in [0.717, 1.165) is 44.5 Å². The van der Waals surface area contributed by atoms with E-state index in [0.29, 0.717) is 5.69 Å². The third-order valence-electron chi connectivity index (χ3n) is 4.25. The smallest absolute Gasteiger partial charge is 0.299 e. The molecule has 1 heterocycles. The van der Waals surface area contributed by atoms with Crippen molar-refractivity contribution in [3.8, 4) is 0 Å². The van der Waals surface area contributed by atoms with Crippen LogP contribution in [0, 0.1) is 0 Å². The molecule has 116 valence electrons. The quantitative estimate of drug-likeness (QED) is 0.878. The minimum Gasteiger partial charge on any atom is -0.371 e. The summed E-state index contributed by atoms with van der Waals surface area (Å²) in [4.78, 5) is 2.29. The summed E-state index contributed by atoms with van der Waals surface area (Å²) in [5.41, 5.74) is 1.72. The Hall–Kier alpha value is -1.27. The lowest BCUT2D eigenvalue weighted by Crippen LogP contribution is -2.37. The van der Waals surface area contributed by atoms with Gasteiger partial charge in [0.1, 0.15) is 0 Å². The monoisotopic (exact) mass is 309 g/mol. The fraction of sp³-hybridized carbons (Fsp3) is 0.600. The van der Waals surface area contributed by atoms with Gasteiger partial charge in [-0.1, -0.05) is 18.9 Å². The second kappa shape index (κ2) is 6.23. The van der Waals surface area contributed by atoms with Crippen LogP contribution in [-0.2, 0) is 10.2 Å².